The smallest absolute Gasteiger partial charge is 0.270 e. The van der Waals surface area contributed by atoms with Gasteiger partial charge in [-0.2, -0.15) is 5.26 Å². The average Bonchev–Trinajstić information content (AvgIpc) is 3.11. The van der Waals surface area contributed by atoms with Crippen LogP contribution in [-0.2, 0) is 11.3 Å². The Bertz CT molecular complexity index is 1120. The maximum atomic E-state index is 13.4. The first kappa shape index (κ1) is 29.4. The van der Waals surface area contributed by atoms with Crippen molar-refractivity contribution >= 4 is 46.1 Å². The average molecular weight is 543 g/mol. The molecule has 0 radical (unpaired) electrons. The topological polar surface area (TPSA) is 69.3 Å². The van der Waals surface area contributed by atoms with Gasteiger partial charge in [-0.05, 0) is 49.7 Å². The molecule has 2 fully saturated rings. The van der Waals surface area contributed by atoms with Crippen LogP contribution in [0.3, 0.4) is 0 Å². The van der Waals surface area contributed by atoms with Gasteiger partial charge in [-0.15, -0.1) is 0 Å². The number of aromatic nitrogens is 1. The standard InChI is InChI=1S/C29H42N4O2S2/c1-6-8-9-10-11-12-14-33-28(35)25(37-29(33)36)16-23-22(5)24(17-30)27(34)32(13-7-2)26(23)31-18-20(3)15-21(4)19-31/h16,20-21H,6-15,18-19H2,1-5H3/b25-16-. The van der Waals surface area contributed by atoms with Crippen molar-refractivity contribution in [1.82, 2.24) is 9.47 Å². The number of pyridine rings is 1. The van der Waals surface area contributed by atoms with Crippen LogP contribution in [0.5, 0.6) is 0 Å². The number of thioether (sulfide) groups is 1. The van der Waals surface area contributed by atoms with Gasteiger partial charge in [-0.3, -0.25) is 19.1 Å². The Labute approximate surface area is 232 Å². The fourth-order valence-electron chi connectivity index (χ4n) is 5.63. The molecule has 6 nitrogen and oxygen atoms in total. The number of piperidine rings is 1. The van der Waals surface area contributed by atoms with Crippen molar-refractivity contribution < 1.29 is 4.79 Å². The van der Waals surface area contributed by atoms with Crippen LogP contribution in [0.25, 0.3) is 6.08 Å². The van der Waals surface area contributed by atoms with E-state index in [1.165, 1.54) is 37.4 Å². The fraction of sp³-hybridized carbons (Fsp3) is 0.655. The number of anilines is 1. The number of hydrogen-bond acceptors (Lipinski definition) is 6. The van der Waals surface area contributed by atoms with E-state index in [0.717, 1.165) is 50.2 Å². The van der Waals surface area contributed by atoms with Crippen molar-refractivity contribution in [3.63, 3.8) is 0 Å². The van der Waals surface area contributed by atoms with Gasteiger partial charge in [-0.25, -0.2) is 0 Å². The molecule has 1 aromatic rings. The van der Waals surface area contributed by atoms with Crippen molar-refractivity contribution in [2.75, 3.05) is 24.5 Å². The molecular weight excluding hydrogens is 500 g/mol. The van der Waals surface area contributed by atoms with E-state index >= 15 is 0 Å². The van der Waals surface area contributed by atoms with Crippen molar-refractivity contribution in [3.8, 4) is 6.07 Å². The molecule has 0 saturated carbocycles. The molecule has 37 heavy (non-hydrogen) atoms. The molecule has 0 N–H and O–H groups in total. The summed E-state index contributed by atoms with van der Waals surface area (Å²) in [5.74, 6) is 1.76. The maximum Gasteiger partial charge on any atom is 0.270 e. The summed E-state index contributed by atoms with van der Waals surface area (Å²) >= 11 is 6.93. The van der Waals surface area contributed by atoms with Crippen molar-refractivity contribution in [2.45, 2.75) is 92.5 Å². The summed E-state index contributed by atoms with van der Waals surface area (Å²) in [6, 6.07) is 2.14. The van der Waals surface area contributed by atoms with E-state index in [4.69, 9.17) is 12.2 Å². The lowest BCUT2D eigenvalue weighted by molar-refractivity contribution is -0.122. The number of carbonyl (C=O) groups excluding carboxylic acids is 1. The normalized spacial score (nSPS) is 21.2. The van der Waals surface area contributed by atoms with Crippen molar-refractivity contribution in [3.05, 3.63) is 31.9 Å². The second-order valence-electron chi connectivity index (χ2n) is 10.8. The summed E-state index contributed by atoms with van der Waals surface area (Å²) in [6.07, 6.45) is 10.7. The Morgan fingerprint density at radius 1 is 1.03 bits per heavy atom. The van der Waals surface area contributed by atoms with E-state index in [0.29, 0.717) is 39.7 Å². The minimum absolute atomic E-state index is 0.0685. The third-order valence-corrected chi connectivity index (χ3v) is 8.72. The van der Waals surface area contributed by atoms with E-state index < -0.39 is 0 Å². The number of hydrogen-bond donors (Lipinski definition) is 0. The predicted molar refractivity (Wildman–Crippen MR) is 159 cm³/mol. The Balaban J connectivity index is 2.01. The SMILES string of the molecule is CCCCCCCCN1C(=O)/C(=C/c2c(C)c(C#N)c(=O)n(CCC)c2N2CC(C)CC(C)C2)SC1=S. The van der Waals surface area contributed by atoms with Crippen LogP contribution < -0.4 is 10.5 Å². The molecule has 3 rings (SSSR count). The van der Waals surface area contributed by atoms with Gasteiger partial charge in [0.05, 0.1) is 4.91 Å². The third-order valence-electron chi connectivity index (χ3n) is 7.35. The second-order valence-corrected chi connectivity index (χ2v) is 12.4. The van der Waals surface area contributed by atoms with Crippen LogP contribution in [0.4, 0.5) is 5.82 Å². The molecule has 2 atom stereocenters. The summed E-state index contributed by atoms with van der Waals surface area (Å²) in [5, 5.41) is 9.87. The van der Waals surface area contributed by atoms with Gasteiger partial charge in [0.15, 0.2) is 0 Å². The van der Waals surface area contributed by atoms with E-state index in [1.807, 2.05) is 19.9 Å². The van der Waals surface area contributed by atoms with Crippen LogP contribution in [-0.4, -0.2) is 39.3 Å². The molecule has 3 heterocycles. The highest BCUT2D eigenvalue weighted by Gasteiger charge is 2.34. The summed E-state index contributed by atoms with van der Waals surface area (Å²) in [4.78, 5) is 31.4. The van der Waals surface area contributed by atoms with Gasteiger partial charge in [-0.1, -0.05) is 83.8 Å². The van der Waals surface area contributed by atoms with E-state index in [9.17, 15) is 14.9 Å². The van der Waals surface area contributed by atoms with Crippen LogP contribution in [0.2, 0.25) is 0 Å². The molecule has 2 unspecified atom stereocenters. The first-order valence-corrected chi connectivity index (χ1v) is 15.1. The summed E-state index contributed by atoms with van der Waals surface area (Å²) in [5.41, 5.74) is 1.35. The lowest BCUT2D eigenvalue weighted by Crippen LogP contribution is -2.43. The highest BCUT2D eigenvalue weighted by molar-refractivity contribution is 8.26. The Morgan fingerprint density at radius 2 is 1.68 bits per heavy atom. The molecule has 1 amide bonds. The number of carbonyl (C=O) groups is 1. The second kappa shape index (κ2) is 13.6. The molecule has 0 aromatic carbocycles. The first-order valence-electron chi connectivity index (χ1n) is 13.9. The number of thiocarbonyl (C=S) groups is 1. The number of amides is 1. The molecule has 0 bridgehead atoms. The molecule has 2 aliphatic heterocycles. The molecule has 8 heteroatoms. The van der Waals surface area contributed by atoms with Gasteiger partial charge in [0.1, 0.15) is 21.8 Å². The summed E-state index contributed by atoms with van der Waals surface area (Å²) < 4.78 is 2.35. The molecule has 2 aliphatic rings. The molecule has 0 spiro atoms. The highest BCUT2D eigenvalue weighted by atomic mass is 32.2. The van der Waals surface area contributed by atoms with Gasteiger partial charge >= 0.3 is 0 Å². The van der Waals surface area contributed by atoms with Crippen molar-refractivity contribution in [1.29, 1.82) is 5.26 Å². The van der Waals surface area contributed by atoms with Gasteiger partial charge in [0.2, 0.25) is 0 Å². The minimum atomic E-state index is -0.240. The Morgan fingerprint density at radius 3 is 2.30 bits per heavy atom. The quantitative estimate of drug-likeness (QED) is 0.181. The van der Waals surface area contributed by atoms with Gasteiger partial charge < -0.3 is 4.90 Å². The summed E-state index contributed by atoms with van der Waals surface area (Å²) in [7, 11) is 0. The summed E-state index contributed by atoms with van der Waals surface area (Å²) in [6.45, 7) is 13.4. The van der Waals surface area contributed by atoms with E-state index in [2.05, 4.69) is 31.7 Å². The van der Waals surface area contributed by atoms with E-state index in [1.54, 1.807) is 9.47 Å². The Kier molecular flexibility index (Phi) is 10.8. The largest absolute Gasteiger partial charge is 0.357 e. The fourth-order valence-corrected chi connectivity index (χ4v) is 6.92. The lowest BCUT2D eigenvalue weighted by atomic mass is 9.91. The molecular formula is C29H42N4O2S2. The molecule has 1 aromatic heterocycles. The predicted octanol–water partition coefficient (Wildman–Crippen LogP) is 6.48. The zero-order chi connectivity index (χ0) is 27.1. The zero-order valence-corrected chi connectivity index (χ0v) is 24.8. The van der Waals surface area contributed by atoms with Crippen LogP contribution >= 0.6 is 24.0 Å². The zero-order valence-electron chi connectivity index (χ0n) is 23.1. The van der Waals surface area contributed by atoms with E-state index in [-0.39, 0.29) is 17.0 Å². The van der Waals surface area contributed by atoms with Gasteiger partial charge in [0.25, 0.3) is 11.5 Å². The van der Waals surface area contributed by atoms with Crippen LogP contribution in [0.1, 0.15) is 95.8 Å². The molecule has 0 aliphatic carbocycles. The van der Waals surface area contributed by atoms with Crippen LogP contribution in [0.15, 0.2) is 9.70 Å². The van der Waals surface area contributed by atoms with Crippen molar-refractivity contribution in [2.24, 2.45) is 11.8 Å². The molecule has 202 valence electrons. The van der Waals surface area contributed by atoms with Gasteiger partial charge in [0, 0.05) is 31.7 Å². The number of nitriles is 1. The maximum absolute atomic E-state index is 13.4. The molecule has 2 saturated heterocycles. The monoisotopic (exact) mass is 542 g/mol. The minimum Gasteiger partial charge on any atom is -0.357 e. The lowest BCUT2D eigenvalue weighted by Gasteiger charge is -2.39. The number of unbranched alkanes of at least 4 members (excludes halogenated alkanes) is 5. The third kappa shape index (κ3) is 6.86. The Hall–Kier alpha value is -2.11. The number of nitrogens with zero attached hydrogens (tertiary/aromatic N) is 4. The van der Waals surface area contributed by atoms with Crippen LogP contribution in [0, 0.1) is 30.1 Å². The number of rotatable bonds is 11. The first-order chi connectivity index (χ1) is 17.7. The highest BCUT2D eigenvalue weighted by Crippen LogP contribution is 2.37.